The number of likely N-dealkylation sites (tertiary alicyclic amines) is 1. The summed E-state index contributed by atoms with van der Waals surface area (Å²) in [5.41, 5.74) is -1.24. The van der Waals surface area contributed by atoms with Crippen LogP contribution in [0.25, 0.3) is 5.65 Å². The number of aryl methyl sites for hydroxylation is 1. The Kier molecular flexibility index (Phi) is 5.70. The summed E-state index contributed by atoms with van der Waals surface area (Å²) in [6.07, 6.45) is -5.81. The molecule has 0 aliphatic carbocycles. The number of Topliss-reactive ketones (excluding diaryl/α,β-unsaturated/α-hetero) is 1. The summed E-state index contributed by atoms with van der Waals surface area (Å²) in [6, 6.07) is 3.98. The Labute approximate surface area is 209 Å². The normalized spacial score (nSPS) is 19.0. The van der Waals surface area contributed by atoms with Gasteiger partial charge in [0.1, 0.15) is 11.3 Å². The number of nitrogens with zero attached hydrogens (tertiary/aromatic N) is 5. The second kappa shape index (κ2) is 8.33. The van der Waals surface area contributed by atoms with Crippen molar-refractivity contribution in [3.05, 3.63) is 52.7 Å². The van der Waals surface area contributed by atoms with Gasteiger partial charge in [0.2, 0.25) is 0 Å². The molecule has 200 valence electrons. The molecule has 0 atom stereocenters. The number of hydrogen-bond donors (Lipinski definition) is 1. The van der Waals surface area contributed by atoms with Crippen molar-refractivity contribution in [1.29, 1.82) is 0 Å². The molecule has 0 radical (unpaired) electrons. The minimum Gasteiger partial charge on any atom is -0.338 e. The van der Waals surface area contributed by atoms with Gasteiger partial charge in [0, 0.05) is 32.4 Å². The number of hydrogen-bond acceptors (Lipinski definition) is 5. The molecule has 2 aliphatic rings. The molecule has 3 aromatic rings. The number of rotatable bonds is 3. The van der Waals surface area contributed by atoms with Gasteiger partial charge in [-0.05, 0) is 51.8 Å². The van der Waals surface area contributed by atoms with E-state index in [2.05, 4.69) is 15.4 Å². The van der Waals surface area contributed by atoms with E-state index in [0.717, 1.165) is 4.52 Å². The fourth-order valence-electron chi connectivity index (χ4n) is 5.45. The second-order valence-corrected chi connectivity index (χ2v) is 10.2. The van der Waals surface area contributed by atoms with Crippen LogP contribution in [0.3, 0.4) is 0 Å². The molecule has 3 aromatic heterocycles. The quantitative estimate of drug-likeness (QED) is 0.408. The first-order valence-electron chi connectivity index (χ1n) is 11.8. The van der Waals surface area contributed by atoms with Crippen molar-refractivity contribution in [3.8, 4) is 0 Å². The maximum atomic E-state index is 13.5. The van der Waals surface area contributed by atoms with Crippen molar-refractivity contribution in [2.75, 3.05) is 19.6 Å². The highest BCUT2D eigenvalue weighted by molar-refractivity contribution is 6.00. The van der Waals surface area contributed by atoms with E-state index >= 15 is 0 Å². The summed E-state index contributed by atoms with van der Waals surface area (Å²) in [7, 11) is 0. The van der Waals surface area contributed by atoms with Gasteiger partial charge >= 0.3 is 6.18 Å². The third-order valence-electron chi connectivity index (χ3n) is 7.31. The van der Waals surface area contributed by atoms with Crippen LogP contribution in [0.1, 0.15) is 72.5 Å². The van der Waals surface area contributed by atoms with Crippen LogP contribution in [-0.4, -0.2) is 61.6 Å². The SMILES string of the molecule is Cc1cc(C(F)F)n2ncc(C(=O)N3CCC4(CC3)NCC(C)(C)n3c(C(=O)C(F)(F)F)ccc34)c2n1.[HH]. The Morgan fingerprint density at radius 1 is 1.16 bits per heavy atom. The van der Waals surface area contributed by atoms with Crippen molar-refractivity contribution >= 4 is 17.3 Å². The van der Waals surface area contributed by atoms with Gasteiger partial charge in [0.05, 0.1) is 23.0 Å². The summed E-state index contributed by atoms with van der Waals surface area (Å²) in [4.78, 5) is 31.3. The number of ketones is 1. The Balaban J connectivity index is 0.00000336. The van der Waals surface area contributed by atoms with E-state index in [4.69, 9.17) is 0 Å². The molecule has 2 aliphatic heterocycles. The number of halogens is 5. The van der Waals surface area contributed by atoms with Crippen molar-refractivity contribution in [2.45, 2.75) is 57.3 Å². The molecule has 0 saturated carbocycles. The van der Waals surface area contributed by atoms with Crippen LogP contribution in [-0.2, 0) is 11.1 Å². The van der Waals surface area contributed by atoms with Crippen LogP contribution in [0.2, 0.25) is 0 Å². The van der Waals surface area contributed by atoms with E-state index in [1.165, 1.54) is 22.9 Å². The van der Waals surface area contributed by atoms with E-state index in [-0.39, 0.29) is 31.4 Å². The van der Waals surface area contributed by atoms with E-state index in [9.17, 15) is 31.5 Å². The van der Waals surface area contributed by atoms with E-state index < -0.39 is 41.1 Å². The molecule has 13 heteroatoms. The lowest BCUT2D eigenvalue weighted by Gasteiger charge is -2.50. The molecular weight excluding hydrogens is 499 g/mol. The Morgan fingerprint density at radius 3 is 2.46 bits per heavy atom. The molecule has 37 heavy (non-hydrogen) atoms. The van der Waals surface area contributed by atoms with Crippen molar-refractivity contribution < 1.29 is 33.0 Å². The van der Waals surface area contributed by atoms with Gasteiger partial charge in [-0.2, -0.15) is 18.3 Å². The molecule has 0 unspecified atom stereocenters. The number of carbonyl (C=O) groups is 2. The van der Waals surface area contributed by atoms with Gasteiger partial charge in [0.15, 0.2) is 5.65 Å². The Morgan fingerprint density at radius 2 is 1.84 bits per heavy atom. The fraction of sp³-hybridized carbons (Fsp3) is 0.500. The lowest BCUT2D eigenvalue weighted by atomic mass is 9.80. The van der Waals surface area contributed by atoms with Crippen molar-refractivity contribution in [3.63, 3.8) is 0 Å². The molecule has 1 amide bonds. The number of nitrogens with one attached hydrogen (secondary N) is 1. The number of aromatic nitrogens is 4. The predicted octanol–water partition coefficient (Wildman–Crippen LogP) is 4.24. The zero-order valence-corrected chi connectivity index (χ0v) is 20.4. The maximum Gasteiger partial charge on any atom is 0.456 e. The fourth-order valence-corrected chi connectivity index (χ4v) is 5.45. The average molecular weight is 527 g/mol. The molecular formula is C24H27F5N6O2. The number of amides is 1. The number of carbonyl (C=O) groups excluding carboxylic acids is 2. The highest BCUT2D eigenvalue weighted by Crippen LogP contribution is 2.42. The molecule has 1 fully saturated rings. The van der Waals surface area contributed by atoms with Crippen molar-refractivity contribution in [1.82, 2.24) is 29.4 Å². The van der Waals surface area contributed by atoms with Gasteiger partial charge in [-0.25, -0.2) is 18.3 Å². The molecule has 8 nitrogen and oxygen atoms in total. The molecule has 5 rings (SSSR count). The van der Waals surface area contributed by atoms with E-state index in [1.807, 2.05) is 0 Å². The largest absolute Gasteiger partial charge is 0.456 e. The summed E-state index contributed by atoms with van der Waals surface area (Å²) in [5.74, 6) is -2.31. The van der Waals surface area contributed by atoms with E-state index in [1.54, 1.807) is 31.7 Å². The monoisotopic (exact) mass is 526 g/mol. The van der Waals surface area contributed by atoms with Crippen LogP contribution in [0.4, 0.5) is 22.0 Å². The highest BCUT2D eigenvalue weighted by atomic mass is 19.4. The third-order valence-corrected chi connectivity index (χ3v) is 7.31. The van der Waals surface area contributed by atoms with Crippen molar-refractivity contribution in [2.24, 2.45) is 0 Å². The zero-order valence-electron chi connectivity index (χ0n) is 20.4. The van der Waals surface area contributed by atoms with Gasteiger partial charge < -0.3 is 14.8 Å². The van der Waals surface area contributed by atoms with Crippen LogP contribution in [0.15, 0.2) is 24.4 Å². The van der Waals surface area contributed by atoms with Gasteiger partial charge in [-0.15, -0.1) is 0 Å². The highest BCUT2D eigenvalue weighted by Gasteiger charge is 2.49. The molecule has 0 bridgehead atoms. The summed E-state index contributed by atoms with van der Waals surface area (Å²) in [6.45, 7) is 5.91. The number of alkyl halides is 5. The van der Waals surface area contributed by atoms with Crippen LogP contribution in [0, 0.1) is 6.92 Å². The third kappa shape index (κ3) is 3.99. The topological polar surface area (TPSA) is 84.5 Å². The maximum absolute atomic E-state index is 13.5. The van der Waals surface area contributed by atoms with Gasteiger partial charge in [-0.1, -0.05) is 0 Å². The molecule has 1 N–H and O–H groups in total. The average Bonchev–Trinajstić information content (AvgIpc) is 3.46. The lowest BCUT2D eigenvalue weighted by molar-refractivity contribution is -0.0893. The first-order valence-corrected chi connectivity index (χ1v) is 11.8. The summed E-state index contributed by atoms with van der Waals surface area (Å²) < 4.78 is 69.2. The smallest absolute Gasteiger partial charge is 0.338 e. The van der Waals surface area contributed by atoms with Gasteiger partial charge in [0.25, 0.3) is 18.1 Å². The number of fused-ring (bicyclic) bond motifs is 3. The number of piperidine rings is 1. The van der Waals surface area contributed by atoms with Crippen LogP contribution in [0.5, 0.6) is 0 Å². The van der Waals surface area contributed by atoms with Crippen LogP contribution >= 0.6 is 0 Å². The zero-order chi connectivity index (χ0) is 26.9. The minimum absolute atomic E-state index is 0. The molecule has 1 spiro atoms. The first kappa shape index (κ1) is 25.3. The predicted molar refractivity (Wildman–Crippen MR) is 124 cm³/mol. The minimum atomic E-state index is -5.00. The Bertz CT molecular complexity index is 1410. The summed E-state index contributed by atoms with van der Waals surface area (Å²) >= 11 is 0. The first-order chi connectivity index (χ1) is 17.2. The molecule has 0 aromatic carbocycles. The van der Waals surface area contributed by atoms with Crippen LogP contribution < -0.4 is 5.32 Å². The Hall–Kier alpha value is -3.35. The molecule has 5 heterocycles. The lowest BCUT2D eigenvalue weighted by Crippen LogP contribution is -2.61. The standard InChI is InChI=1S/C24H25F5N6O2.H2/c1-13-10-16(19(25)26)35-20(32-13)14(11-31-35)21(37)33-8-6-23(7-9-33)17-5-4-15(18(36)24(27,28)29)34(17)22(2,3)12-30-23;/h4-5,10-11,19,30H,6-9,12H2,1-3H3;1H. The van der Waals surface area contributed by atoms with Gasteiger partial charge in [-0.3, -0.25) is 9.59 Å². The van der Waals surface area contributed by atoms with E-state index in [0.29, 0.717) is 30.8 Å². The second-order valence-electron chi connectivity index (χ2n) is 10.2. The summed E-state index contributed by atoms with van der Waals surface area (Å²) in [5, 5.41) is 7.41. The molecule has 1 saturated heterocycles.